The van der Waals surface area contributed by atoms with Gasteiger partial charge in [-0.1, -0.05) is 12.1 Å². The number of nitrogens with zero attached hydrogens (tertiary/aromatic N) is 2. The monoisotopic (exact) mass is 188 g/mol. The molecular formula is C11H9FN2. The number of nitriles is 2. The first-order valence-corrected chi connectivity index (χ1v) is 4.29. The van der Waals surface area contributed by atoms with Crippen LogP contribution >= 0.6 is 0 Å². The maximum absolute atomic E-state index is 13.1. The van der Waals surface area contributed by atoms with Gasteiger partial charge in [0, 0.05) is 12.0 Å². The molecule has 0 heterocycles. The Bertz CT molecular complexity index is 399. The molecule has 0 bridgehead atoms. The van der Waals surface area contributed by atoms with E-state index >= 15 is 0 Å². The Balaban J connectivity index is 2.85. The van der Waals surface area contributed by atoms with Gasteiger partial charge in [-0.05, 0) is 18.1 Å². The molecule has 3 heteroatoms. The molecule has 0 amide bonds. The van der Waals surface area contributed by atoms with Gasteiger partial charge < -0.3 is 0 Å². The van der Waals surface area contributed by atoms with Crippen molar-refractivity contribution in [2.75, 3.05) is 0 Å². The van der Waals surface area contributed by atoms with E-state index in [-0.39, 0.29) is 12.2 Å². The van der Waals surface area contributed by atoms with Crippen molar-refractivity contribution in [3.8, 4) is 12.1 Å². The first-order valence-electron chi connectivity index (χ1n) is 4.29. The Kier molecular flexibility index (Phi) is 3.64. The molecule has 1 aromatic rings. The molecule has 0 spiro atoms. The van der Waals surface area contributed by atoms with E-state index in [9.17, 15) is 4.39 Å². The third-order valence-electron chi connectivity index (χ3n) is 1.91. The molecule has 0 atom stereocenters. The quantitative estimate of drug-likeness (QED) is 0.730. The molecule has 0 aromatic heterocycles. The van der Waals surface area contributed by atoms with E-state index in [0.29, 0.717) is 18.4 Å². The van der Waals surface area contributed by atoms with Crippen LogP contribution in [-0.2, 0) is 12.8 Å². The SMILES string of the molecule is N#CCCc1ccc(F)c(CC#N)c1. The zero-order chi connectivity index (χ0) is 10.4. The van der Waals surface area contributed by atoms with Crippen LogP contribution in [0.1, 0.15) is 17.5 Å². The topological polar surface area (TPSA) is 47.6 Å². The van der Waals surface area contributed by atoms with Gasteiger partial charge in [0.1, 0.15) is 5.82 Å². The largest absolute Gasteiger partial charge is 0.207 e. The lowest BCUT2D eigenvalue weighted by Gasteiger charge is -2.01. The Morgan fingerprint density at radius 1 is 1.21 bits per heavy atom. The van der Waals surface area contributed by atoms with Gasteiger partial charge in [-0.2, -0.15) is 10.5 Å². The second kappa shape index (κ2) is 4.99. The number of halogens is 1. The Morgan fingerprint density at radius 3 is 2.64 bits per heavy atom. The molecule has 0 aliphatic heterocycles. The van der Waals surface area contributed by atoms with Crippen LogP contribution in [0.3, 0.4) is 0 Å². The molecule has 0 fully saturated rings. The van der Waals surface area contributed by atoms with Gasteiger partial charge in [-0.25, -0.2) is 4.39 Å². The summed E-state index contributed by atoms with van der Waals surface area (Å²) < 4.78 is 13.1. The van der Waals surface area contributed by atoms with Crippen LogP contribution in [0.25, 0.3) is 0 Å². The molecule has 0 saturated heterocycles. The smallest absolute Gasteiger partial charge is 0.127 e. The summed E-state index contributed by atoms with van der Waals surface area (Å²) in [6, 6.07) is 8.57. The standard InChI is InChI=1S/C11H9FN2/c12-11-4-3-9(2-1-6-13)8-10(11)5-7-14/h3-4,8H,1-2,5H2. The molecule has 0 saturated carbocycles. The first kappa shape index (κ1) is 10.2. The fourth-order valence-electron chi connectivity index (χ4n) is 1.20. The Hall–Kier alpha value is -1.87. The molecule has 0 aliphatic rings. The minimum atomic E-state index is -0.354. The van der Waals surface area contributed by atoms with Crippen molar-refractivity contribution in [1.29, 1.82) is 10.5 Å². The number of aryl methyl sites for hydroxylation is 1. The fraction of sp³-hybridized carbons (Fsp3) is 0.273. The Labute approximate surface area is 82.2 Å². The molecule has 0 aliphatic carbocycles. The lowest BCUT2D eigenvalue weighted by molar-refractivity contribution is 0.614. The van der Waals surface area contributed by atoms with E-state index in [1.165, 1.54) is 6.07 Å². The zero-order valence-electron chi connectivity index (χ0n) is 7.63. The van der Waals surface area contributed by atoms with E-state index in [0.717, 1.165) is 5.56 Å². The van der Waals surface area contributed by atoms with Gasteiger partial charge in [0.15, 0.2) is 0 Å². The van der Waals surface area contributed by atoms with Crippen molar-refractivity contribution in [2.45, 2.75) is 19.3 Å². The highest BCUT2D eigenvalue weighted by Gasteiger charge is 2.02. The van der Waals surface area contributed by atoms with Crippen molar-refractivity contribution >= 4 is 0 Å². The second-order valence-corrected chi connectivity index (χ2v) is 2.92. The van der Waals surface area contributed by atoms with E-state index < -0.39 is 0 Å². The maximum atomic E-state index is 13.1. The average Bonchev–Trinajstić information content (AvgIpc) is 2.19. The molecule has 0 unspecified atom stereocenters. The summed E-state index contributed by atoms with van der Waals surface area (Å²) >= 11 is 0. The third-order valence-corrected chi connectivity index (χ3v) is 1.91. The molecule has 0 radical (unpaired) electrons. The van der Waals surface area contributed by atoms with Gasteiger partial charge in [0.2, 0.25) is 0 Å². The van der Waals surface area contributed by atoms with Crippen LogP contribution in [0.2, 0.25) is 0 Å². The molecule has 14 heavy (non-hydrogen) atoms. The van der Waals surface area contributed by atoms with Crippen molar-refractivity contribution < 1.29 is 4.39 Å². The highest BCUT2D eigenvalue weighted by molar-refractivity contribution is 5.27. The second-order valence-electron chi connectivity index (χ2n) is 2.92. The summed E-state index contributed by atoms with van der Waals surface area (Å²) in [6.07, 6.45) is 1.10. The molecule has 0 N–H and O–H groups in total. The van der Waals surface area contributed by atoms with Crippen LogP contribution in [0.4, 0.5) is 4.39 Å². The van der Waals surface area contributed by atoms with Crippen molar-refractivity contribution in [1.82, 2.24) is 0 Å². The van der Waals surface area contributed by atoms with E-state index in [1.54, 1.807) is 12.1 Å². The van der Waals surface area contributed by atoms with Crippen LogP contribution in [0.5, 0.6) is 0 Å². The van der Waals surface area contributed by atoms with Crippen LogP contribution in [0, 0.1) is 28.5 Å². The van der Waals surface area contributed by atoms with E-state index in [1.807, 2.05) is 12.1 Å². The van der Waals surface area contributed by atoms with Gasteiger partial charge in [-0.3, -0.25) is 0 Å². The number of rotatable bonds is 3. The summed E-state index contributed by atoms with van der Waals surface area (Å²) in [5, 5.41) is 16.8. The molecular weight excluding hydrogens is 179 g/mol. The molecule has 70 valence electrons. The summed E-state index contributed by atoms with van der Waals surface area (Å²) in [5.41, 5.74) is 1.31. The lowest BCUT2D eigenvalue weighted by atomic mass is 10.0. The highest BCUT2D eigenvalue weighted by Crippen LogP contribution is 2.12. The minimum absolute atomic E-state index is 0.0756. The van der Waals surface area contributed by atoms with Crippen molar-refractivity contribution in [3.63, 3.8) is 0 Å². The summed E-state index contributed by atoms with van der Waals surface area (Å²) in [7, 11) is 0. The fourth-order valence-corrected chi connectivity index (χ4v) is 1.20. The van der Waals surface area contributed by atoms with E-state index in [4.69, 9.17) is 10.5 Å². The average molecular weight is 188 g/mol. The number of hydrogen-bond acceptors (Lipinski definition) is 2. The van der Waals surface area contributed by atoms with Crippen molar-refractivity contribution in [3.05, 3.63) is 35.1 Å². The van der Waals surface area contributed by atoms with Gasteiger partial charge in [0.05, 0.1) is 18.6 Å². The minimum Gasteiger partial charge on any atom is -0.207 e. The predicted octanol–water partition coefficient (Wildman–Crippen LogP) is 2.35. The summed E-state index contributed by atoms with van der Waals surface area (Å²) in [4.78, 5) is 0. The lowest BCUT2D eigenvalue weighted by Crippen LogP contribution is -1.92. The van der Waals surface area contributed by atoms with Crippen molar-refractivity contribution in [2.24, 2.45) is 0 Å². The van der Waals surface area contributed by atoms with Gasteiger partial charge in [0.25, 0.3) is 0 Å². The molecule has 2 nitrogen and oxygen atoms in total. The summed E-state index contributed by atoms with van der Waals surface area (Å²) in [6.45, 7) is 0. The summed E-state index contributed by atoms with van der Waals surface area (Å²) in [5.74, 6) is -0.354. The third kappa shape index (κ3) is 2.57. The van der Waals surface area contributed by atoms with E-state index in [2.05, 4.69) is 0 Å². The predicted molar refractivity (Wildman–Crippen MR) is 49.7 cm³/mol. The number of benzene rings is 1. The van der Waals surface area contributed by atoms with Crippen LogP contribution in [0.15, 0.2) is 18.2 Å². The first-order chi connectivity index (χ1) is 6.77. The molecule has 1 aromatic carbocycles. The van der Waals surface area contributed by atoms with Crippen LogP contribution in [-0.4, -0.2) is 0 Å². The van der Waals surface area contributed by atoms with Crippen LogP contribution < -0.4 is 0 Å². The highest BCUT2D eigenvalue weighted by atomic mass is 19.1. The molecule has 1 rings (SSSR count). The maximum Gasteiger partial charge on any atom is 0.127 e. The zero-order valence-corrected chi connectivity index (χ0v) is 7.63. The Morgan fingerprint density at radius 2 is 2.00 bits per heavy atom. The van der Waals surface area contributed by atoms with Gasteiger partial charge in [-0.15, -0.1) is 0 Å². The van der Waals surface area contributed by atoms with Gasteiger partial charge >= 0.3 is 0 Å². The number of hydrogen-bond donors (Lipinski definition) is 0. The normalized spacial score (nSPS) is 9.07.